The summed E-state index contributed by atoms with van der Waals surface area (Å²) in [5.74, 6) is 0.143. The van der Waals surface area contributed by atoms with Crippen LogP contribution >= 0.6 is 11.6 Å². The third-order valence-corrected chi connectivity index (χ3v) is 2.18. The number of ether oxygens (including phenoxy) is 1. The van der Waals surface area contributed by atoms with E-state index in [1.165, 1.54) is 18.3 Å². The van der Waals surface area contributed by atoms with Gasteiger partial charge in [-0.15, -0.1) is 0 Å². The molecule has 2 N–H and O–H groups in total. The van der Waals surface area contributed by atoms with Gasteiger partial charge in [-0.1, -0.05) is 11.6 Å². The predicted octanol–water partition coefficient (Wildman–Crippen LogP) is 3.25. The highest BCUT2D eigenvalue weighted by Crippen LogP contribution is 2.24. The monoisotopic (exact) mass is 238 g/mol. The summed E-state index contributed by atoms with van der Waals surface area (Å²) >= 11 is 5.54. The maximum Gasteiger partial charge on any atom is 0.219 e. The van der Waals surface area contributed by atoms with Crippen LogP contribution in [0, 0.1) is 5.82 Å². The minimum atomic E-state index is -0.533. The van der Waals surface area contributed by atoms with Gasteiger partial charge in [-0.25, -0.2) is 9.37 Å². The second kappa shape index (κ2) is 4.37. The summed E-state index contributed by atoms with van der Waals surface area (Å²) in [6.45, 7) is 0. The fourth-order valence-corrected chi connectivity index (χ4v) is 1.23. The lowest BCUT2D eigenvalue weighted by Crippen LogP contribution is -1.90. The molecule has 2 aromatic rings. The number of nitrogens with two attached hydrogens (primary N) is 1. The number of pyridine rings is 1. The zero-order chi connectivity index (χ0) is 11.5. The van der Waals surface area contributed by atoms with Gasteiger partial charge in [0.2, 0.25) is 5.88 Å². The van der Waals surface area contributed by atoms with Crippen molar-refractivity contribution in [3.63, 3.8) is 0 Å². The summed E-state index contributed by atoms with van der Waals surface area (Å²) in [7, 11) is 0. The average Bonchev–Trinajstić information content (AvgIpc) is 2.27. The van der Waals surface area contributed by atoms with Crippen LogP contribution in [0.3, 0.4) is 0 Å². The zero-order valence-electron chi connectivity index (χ0n) is 8.15. The Bertz CT molecular complexity index is 502. The normalized spacial score (nSPS) is 10.1. The molecule has 0 unspecified atom stereocenters. The van der Waals surface area contributed by atoms with Crippen LogP contribution in [0.2, 0.25) is 5.02 Å². The van der Waals surface area contributed by atoms with Crippen molar-refractivity contribution >= 4 is 17.3 Å². The molecule has 0 saturated heterocycles. The minimum absolute atomic E-state index is 0.0533. The second-order valence-electron chi connectivity index (χ2n) is 3.11. The Morgan fingerprint density at radius 1 is 1.25 bits per heavy atom. The van der Waals surface area contributed by atoms with Gasteiger partial charge in [-0.05, 0) is 18.2 Å². The van der Waals surface area contributed by atoms with E-state index in [9.17, 15) is 4.39 Å². The van der Waals surface area contributed by atoms with Crippen LogP contribution in [-0.2, 0) is 0 Å². The molecule has 0 aliphatic carbocycles. The average molecular weight is 239 g/mol. The molecule has 1 heterocycles. The number of benzene rings is 1. The highest BCUT2D eigenvalue weighted by molar-refractivity contribution is 6.30. The molecule has 5 heteroatoms. The Morgan fingerprint density at radius 2 is 2.06 bits per heavy atom. The van der Waals surface area contributed by atoms with Crippen molar-refractivity contribution < 1.29 is 9.13 Å². The Balaban J connectivity index is 2.20. The second-order valence-corrected chi connectivity index (χ2v) is 3.51. The van der Waals surface area contributed by atoms with E-state index in [0.29, 0.717) is 17.3 Å². The Morgan fingerprint density at radius 3 is 2.69 bits per heavy atom. The molecular formula is C11H8ClFN2O. The summed E-state index contributed by atoms with van der Waals surface area (Å²) in [6.07, 6.45) is 1.46. The standard InChI is InChI=1S/C11H8ClFN2O/c12-9-3-2-8(5-10(9)13)16-11-4-1-7(14)6-15-11/h1-6H,14H2. The van der Waals surface area contributed by atoms with Gasteiger partial charge in [0.05, 0.1) is 16.9 Å². The smallest absolute Gasteiger partial charge is 0.219 e. The van der Waals surface area contributed by atoms with E-state index < -0.39 is 5.82 Å². The van der Waals surface area contributed by atoms with Crippen molar-refractivity contribution in [1.82, 2.24) is 4.98 Å². The molecular weight excluding hydrogens is 231 g/mol. The van der Waals surface area contributed by atoms with Crippen LogP contribution in [0.5, 0.6) is 11.6 Å². The molecule has 0 amide bonds. The minimum Gasteiger partial charge on any atom is -0.439 e. The van der Waals surface area contributed by atoms with Gasteiger partial charge < -0.3 is 10.5 Å². The zero-order valence-corrected chi connectivity index (χ0v) is 8.91. The summed E-state index contributed by atoms with van der Waals surface area (Å²) in [4.78, 5) is 3.92. The van der Waals surface area contributed by atoms with Gasteiger partial charge in [0.15, 0.2) is 0 Å². The van der Waals surface area contributed by atoms with Crippen LogP contribution in [0.15, 0.2) is 36.5 Å². The molecule has 0 fully saturated rings. The lowest BCUT2D eigenvalue weighted by Gasteiger charge is -2.05. The van der Waals surface area contributed by atoms with E-state index >= 15 is 0 Å². The van der Waals surface area contributed by atoms with Crippen LogP contribution < -0.4 is 10.5 Å². The van der Waals surface area contributed by atoms with Crippen molar-refractivity contribution in [2.24, 2.45) is 0 Å². The summed E-state index contributed by atoms with van der Waals surface area (Å²) in [5.41, 5.74) is 6.01. The number of anilines is 1. The van der Waals surface area contributed by atoms with E-state index in [1.807, 2.05) is 0 Å². The first-order valence-corrected chi connectivity index (χ1v) is 4.87. The maximum absolute atomic E-state index is 13.1. The Kier molecular flexibility index (Phi) is 2.92. The molecule has 3 nitrogen and oxygen atoms in total. The van der Waals surface area contributed by atoms with Gasteiger partial charge >= 0.3 is 0 Å². The van der Waals surface area contributed by atoms with E-state index in [1.54, 1.807) is 18.2 Å². The third-order valence-electron chi connectivity index (χ3n) is 1.87. The first-order valence-electron chi connectivity index (χ1n) is 4.49. The van der Waals surface area contributed by atoms with Gasteiger partial charge in [0.25, 0.3) is 0 Å². The number of nitrogens with zero attached hydrogens (tertiary/aromatic N) is 1. The van der Waals surface area contributed by atoms with Gasteiger partial charge in [0, 0.05) is 12.1 Å². The third kappa shape index (κ3) is 2.41. The molecule has 0 radical (unpaired) electrons. The Labute approximate surface area is 96.6 Å². The van der Waals surface area contributed by atoms with Crippen LogP contribution in [0.4, 0.5) is 10.1 Å². The van der Waals surface area contributed by atoms with Crippen molar-refractivity contribution in [3.8, 4) is 11.6 Å². The number of hydrogen-bond acceptors (Lipinski definition) is 3. The van der Waals surface area contributed by atoms with E-state index in [2.05, 4.69) is 4.98 Å². The fourth-order valence-electron chi connectivity index (χ4n) is 1.11. The number of hydrogen-bond donors (Lipinski definition) is 1. The van der Waals surface area contributed by atoms with Gasteiger partial charge in [-0.3, -0.25) is 0 Å². The van der Waals surface area contributed by atoms with Crippen molar-refractivity contribution in [2.45, 2.75) is 0 Å². The molecule has 0 aliphatic rings. The predicted molar refractivity (Wildman–Crippen MR) is 60.1 cm³/mol. The lowest BCUT2D eigenvalue weighted by molar-refractivity contribution is 0.458. The topological polar surface area (TPSA) is 48.1 Å². The number of nitrogen functional groups attached to an aromatic ring is 1. The number of halogens is 2. The van der Waals surface area contributed by atoms with E-state index in [-0.39, 0.29) is 5.02 Å². The van der Waals surface area contributed by atoms with Crippen molar-refractivity contribution in [2.75, 3.05) is 5.73 Å². The SMILES string of the molecule is Nc1ccc(Oc2ccc(Cl)c(F)c2)nc1. The molecule has 0 bridgehead atoms. The van der Waals surface area contributed by atoms with Crippen molar-refractivity contribution in [1.29, 1.82) is 0 Å². The molecule has 1 aromatic carbocycles. The molecule has 0 saturated carbocycles. The first kappa shape index (κ1) is 10.7. The summed E-state index contributed by atoms with van der Waals surface area (Å²) in [6, 6.07) is 7.42. The first-order chi connectivity index (χ1) is 7.65. The summed E-state index contributed by atoms with van der Waals surface area (Å²) in [5, 5.41) is 0.0533. The molecule has 16 heavy (non-hydrogen) atoms. The molecule has 82 valence electrons. The molecule has 0 aliphatic heterocycles. The molecule has 1 aromatic heterocycles. The van der Waals surface area contributed by atoms with Crippen molar-refractivity contribution in [3.05, 3.63) is 47.4 Å². The van der Waals surface area contributed by atoms with Gasteiger partial charge in [-0.2, -0.15) is 0 Å². The molecule has 0 atom stereocenters. The fraction of sp³-hybridized carbons (Fsp3) is 0. The lowest BCUT2D eigenvalue weighted by atomic mass is 10.3. The quantitative estimate of drug-likeness (QED) is 0.874. The van der Waals surface area contributed by atoms with Crippen LogP contribution in [0.1, 0.15) is 0 Å². The van der Waals surface area contributed by atoms with Crippen LogP contribution in [-0.4, -0.2) is 4.98 Å². The van der Waals surface area contributed by atoms with Gasteiger partial charge in [0.1, 0.15) is 11.6 Å². The highest BCUT2D eigenvalue weighted by atomic mass is 35.5. The number of aromatic nitrogens is 1. The largest absolute Gasteiger partial charge is 0.439 e. The highest BCUT2D eigenvalue weighted by Gasteiger charge is 2.03. The van der Waals surface area contributed by atoms with E-state index in [0.717, 1.165) is 0 Å². The summed E-state index contributed by atoms with van der Waals surface area (Å²) < 4.78 is 18.4. The Hall–Kier alpha value is -1.81. The maximum atomic E-state index is 13.1. The molecule has 2 rings (SSSR count). The number of rotatable bonds is 2. The van der Waals surface area contributed by atoms with E-state index in [4.69, 9.17) is 22.1 Å². The molecule has 0 spiro atoms. The van der Waals surface area contributed by atoms with Crippen LogP contribution in [0.25, 0.3) is 0 Å².